The Balaban J connectivity index is 1.86. The molecule has 2 fully saturated rings. The van der Waals surface area contributed by atoms with Crippen LogP contribution in [0.5, 0.6) is 0 Å². The molecule has 1 saturated heterocycles. The van der Waals surface area contributed by atoms with Crippen LogP contribution in [0.4, 0.5) is 0 Å². The van der Waals surface area contributed by atoms with E-state index in [1.807, 2.05) is 0 Å². The first-order chi connectivity index (χ1) is 9.61. The number of carbonyl (C=O) groups excluding carboxylic acids is 1. The Hall–Kier alpha value is -1.05. The number of rotatable bonds is 4. The molecule has 0 aromatic rings. The quantitative estimate of drug-likeness (QED) is 0.775. The molecule has 5 unspecified atom stereocenters. The fourth-order valence-corrected chi connectivity index (χ4v) is 4.86. The summed E-state index contributed by atoms with van der Waals surface area (Å²) in [5.41, 5.74) is 1.17. The van der Waals surface area contributed by atoms with Crippen molar-refractivity contribution in [2.75, 3.05) is 0 Å². The molecule has 1 amide bonds. The van der Waals surface area contributed by atoms with Gasteiger partial charge in [-0.25, -0.2) is 0 Å². The van der Waals surface area contributed by atoms with E-state index in [1.165, 1.54) is 24.8 Å². The van der Waals surface area contributed by atoms with Crippen molar-refractivity contribution in [2.45, 2.75) is 57.9 Å². The minimum absolute atomic E-state index is 0.0940. The summed E-state index contributed by atoms with van der Waals surface area (Å²) in [6.07, 6.45) is 11.6. The maximum Gasteiger partial charge on any atom is 0.224 e. The van der Waals surface area contributed by atoms with Crippen LogP contribution < -0.4 is 5.32 Å². The van der Waals surface area contributed by atoms with Crippen LogP contribution in [-0.4, -0.2) is 11.4 Å². The molecular formula is C18H27NO. The molecule has 0 spiro atoms. The zero-order chi connectivity index (χ0) is 14.3. The lowest BCUT2D eigenvalue weighted by Gasteiger charge is -2.54. The smallest absolute Gasteiger partial charge is 0.224 e. The highest BCUT2D eigenvalue weighted by atomic mass is 16.2. The molecular weight excluding hydrogens is 246 g/mol. The standard InChI is InChI=1S/C18H27NO/c1-4-8-15-16-11-12(2)18(16,19-17(15)20)13(3)14-9-6-5-7-10-14/h6,9,13-16H,2,4-5,7-8,10-11H2,1,3H3,(H,19,20). The monoisotopic (exact) mass is 273 g/mol. The van der Waals surface area contributed by atoms with Gasteiger partial charge in [0.25, 0.3) is 0 Å². The summed E-state index contributed by atoms with van der Waals surface area (Å²) in [6.45, 7) is 8.78. The molecule has 1 heterocycles. The topological polar surface area (TPSA) is 29.1 Å². The summed E-state index contributed by atoms with van der Waals surface area (Å²) >= 11 is 0. The predicted octanol–water partition coefficient (Wildman–Crippen LogP) is 3.84. The summed E-state index contributed by atoms with van der Waals surface area (Å²) in [7, 11) is 0. The van der Waals surface area contributed by atoms with Crippen molar-refractivity contribution in [2.24, 2.45) is 23.7 Å². The number of allylic oxidation sites excluding steroid dienone is 2. The molecule has 20 heavy (non-hydrogen) atoms. The highest BCUT2D eigenvalue weighted by Gasteiger charge is 2.63. The van der Waals surface area contributed by atoms with E-state index in [0.717, 1.165) is 19.3 Å². The van der Waals surface area contributed by atoms with Gasteiger partial charge in [-0.05, 0) is 43.9 Å². The van der Waals surface area contributed by atoms with Gasteiger partial charge in [0.05, 0.1) is 5.54 Å². The highest BCUT2D eigenvalue weighted by molar-refractivity contribution is 5.85. The summed E-state index contributed by atoms with van der Waals surface area (Å²) in [5.74, 6) is 2.08. The molecule has 110 valence electrons. The molecule has 0 radical (unpaired) electrons. The Kier molecular flexibility index (Phi) is 3.51. The van der Waals surface area contributed by atoms with Gasteiger partial charge in [-0.1, -0.05) is 44.6 Å². The molecule has 0 bridgehead atoms. The lowest BCUT2D eigenvalue weighted by atomic mass is 9.53. The van der Waals surface area contributed by atoms with Gasteiger partial charge in [0, 0.05) is 11.8 Å². The van der Waals surface area contributed by atoms with Gasteiger partial charge in [0.1, 0.15) is 0 Å². The molecule has 1 aliphatic heterocycles. The molecule has 0 aromatic heterocycles. The normalized spacial score (nSPS) is 41.0. The van der Waals surface area contributed by atoms with Crippen LogP contribution in [0.25, 0.3) is 0 Å². The van der Waals surface area contributed by atoms with Crippen LogP contribution in [0.3, 0.4) is 0 Å². The molecule has 3 rings (SSSR count). The molecule has 3 aliphatic rings. The Labute approximate surface area is 122 Å². The third-order valence-corrected chi connectivity index (χ3v) is 6.04. The second kappa shape index (κ2) is 5.05. The van der Waals surface area contributed by atoms with E-state index < -0.39 is 0 Å². The van der Waals surface area contributed by atoms with E-state index >= 15 is 0 Å². The van der Waals surface area contributed by atoms with Crippen molar-refractivity contribution in [3.63, 3.8) is 0 Å². The van der Waals surface area contributed by atoms with E-state index in [-0.39, 0.29) is 17.4 Å². The van der Waals surface area contributed by atoms with Crippen molar-refractivity contribution in [3.8, 4) is 0 Å². The maximum atomic E-state index is 12.4. The molecule has 1 N–H and O–H groups in total. The lowest BCUT2D eigenvalue weighted by Crippen LogP contribution is -2.61. The fraction of sp³-hybridized carbons (Fsp3) is 0.722. The predicted molar refractivity (Wildman–Crippen MR) is 82.2 cm³/mol. The van der Waals surface area contributed by atoms with E-state index in [1.54, 1.807) is 0 Å². The summed E-state index contributed by atoms with van der Waals surface area (Å²) in [6, 6.07) is 0. The average molecular weight is 273 g/mol. The maximum absolute atomic E-state index is 12.4. The first-order valence-electron chi connectivity index (χ1n) is 8.28. The Morgan fingerprint density at radius 3 is 2.95 bits per heavy atom. The zero-order valence-corrected chi connectivity index (χ0v) is 12.8. The Morgan fingerprint density at radius 2 is 2.35 bits per heavy atom. The van der Waals surface area contributed by atoms with Gasteiger partial charge in [0.15, 0.2) is 0 Å². The molecule has 2 heteroatoms. The first-order valence-corrected chi connectivity index (χ1v) is 8.28. The van der Waals surface area contributed by atoms with E-state index in [9.17, 15) is 4.79 Å². The van der Waals surface area contributed by atoms with Crippen molar-refractivity contribution in [1.82, 2.24) is 5.32 Å². The third kappa shape index (κ3) is 1.80. The number of amides is 1. The van der Waals surface area contributed by atoms with E-state index in [4.69, 9.17) is 0 Å². The largest absolute Gasteiger partial charge is 0.346 e. The average Bonchev–Trinajstić information content (AvgIpc) is 2.69. The molecule has 2 aliphatic carbocycles. The van der Waals surface area contributed by atoms with Gasteiger partial charge < -0.3 is 5.32 Å². The van der Waals surface area contributed by atoms with Crippen molar-refractivity contribution < 1.29 is 4.79 Å². The second-order valence-electron chi connectivity index (χ2n) is 6.98. The van der Waals surface area contributed by atoms with Crippen LogP contribution >= 0.6 is 0 Å². The minimum Gasteiger partial charge on any atom is -0.346 e. The number of nitrogens with one attached hydrogen (secondary N) is 1. The van der Waals surface area contributed by atoms with Crippen LogP contribution in [0.1, 0.15) is 52.4 Å². The summed E-state index contributed by atoms with van der Waals surface area (Å²) in [5, 5.41) is 3.38. The number of hydrogen-bond acceptors (Lipinski definition) is 1. The van der Waals surface area contributed by atoms with Gasteiger partial charge in [0.2, 0.25) is 5.91 Å². The van der Waals surface area contributed by atoms with Crippen LogP contribution in [0, 0.1) is 23.7 Å². The minimum atomic E-state index is -0.0940. The molecule has 0 aromatic carbocycles. The van der Waals surface area contributed by atoms with Crippen molar-refractivity contribution in [1.29, 1.82) is 0 Å². The number of hydrogen-bond donors (Lipinski definition) is 1. The summed E-state index contributed by atoms with van der Waals surface area (Å²) < 4.78 is 0. The molecule has 2 nitrogen and oxygen atoms in total. The van der Waals surface area contributed by atoms with Gasteiger partial charge >= 0.3 is 0 Å². The van der Waals surface area contributed by atoms with Crippen LogP contribution in [0.2, 0.25) is 0 Å². The van der Waals surface area contributed by atoms with Gasteiger partial charge in [-0.3, -0.25) is 4.79 Å². The van der Waals surface area contributed by atoms with E-state index in [2.05, 4.69) is 37.9 Å². The first kappa shape index (κ1) is 13.9. The number of carbonyl (C=O) groups is 1. The Morgan fingerprint density at radius 1 is 1.55 bits per heavy atom. The highest BCUT2D eigenvalue weighted by Crippen LogP contribution is 2.58. The number of fused-ring (bicyclic) bond motifs is 1. The van der Waals surface area contributed by atoms with Crippen LogP contribution in [-0.2, 0) is 4.79 Å². The van der Waals surface area contributed by atoms with Gasteiger partial charge in [-0.2, -0.15) is 0 Å². The van der Waals surface area contributed by atoms with E-state index in [0.29, 0.717) is 17.8 Å². The molecule has 5 atom stereocenters. The van der Waals surface area contributed by atoms with Crippen molar-refractivity contribution in [3.05, 3.63) is 24.3 Å². The third-order valence-electron chi connectivity index (χ3n) is 6.04. The van der Waals surface area contributed by atoms with Crippen molar-refractivity contribution >= 4 is 5.91 Å². The Bertz CT molecular complexity index is 452. The van der Waals surface area contributed by atoms with Gasteiger partial charge in [-0.15, -0.1) is 0 Å². The molecule has 1 saturated carbocycles. The fourth-order valence-electron chi connectivity index (χ4n) is 4.86. The van der Waals surface area contributed by atoms with Crippen LogP contribution in [0.15, 0.2) is 24.3 Å². The SMILES string of the molecule is C=C1CC2C(CCC)C(=O)NC12C(C)C1C=CCCC1. The second-order valence-corrected chi connectivity index (χ2v) is 6.98. The zero-order valence-electron chi connectivity index (χ0n) is 12.8. The lowest BCUT2D eigenvalue weighted by molar-refractivity contribution is -0.123. The summed E-state index contributed by atoms with van der Waals surface area (Å²) in [4.78, 5) is 12.4.